The molecule has 106 valence electrons. The Kier molecular flexibility index (Phi) is 5.24. The van der Waals surface area contributed by atoms with Gasteiger partial charge >= 0.3 is 0 Å². The first-order valence-corrected chi connectivity index (χ1v) is 6.87. The molecule has 0 bridgehead atoms. The first-order valence-electron chi connectivity index (χ1n) is 6.87. The molecule has 4 heteroatoms. The van der Waals surface area contributed by atoms with E-state index in [1.807, 2.05) is 24.5 Å². The van der Waals surface area contributed by atoms with Crippen molar-refractivity contribution < 1.29 is 4.74 Å². The number of pyridine rings is 1. The predicted octanol–water partition coefficient (Wildman–Crippen LogP) is 3.18. The van der Waals surface area contributed by atoms with Crippen LogP contribution in [0.15, 0.2) is 42.7 Å². The van der Waals surface area contributed by atoms with Crippen LogP contribution in [-0.4, -0.2) is 25.2 Å². The summed E-state index contributed by atoms with van der Waals surface area (Å²) >= 11 is 0. The van der Waals surface area contributed by atoms with Gasteiger partial charge in [0.05, 0.1) is 30.9 Å². The van der Waals surface area contributed by atoms with Crippen LogP contribution < -0.4 is 15.4 Å². The molecule has 2 aromatic rings. The van der Waals surface area contributed by atoms with Crippen molar-refractivity contribution in [2.75, 3.05) is 30.8 Å². The summed E-state index contributed by atoms with van der Waals surface area (Å²) < 4.78 is 5.15. The fourth-order valence-electron chi connectivity index (χ4n) is 1.98. The van der Waals surface area contributed by atoms with Crippen LogP contribution in [0.2, 0.25) is 0 Å². The van der Waals surface area contributed by atoms with E-state index in [2.05, 4.69) is 40.7 Å². The number of benzene rings is 1. The molecule has 0 unspecified atom stereocenters. The number of hydrogen-bond acceptors (Lipinski definition) is 4. The Morgan fingerprint density at radius 3 is 2.40 bits per heavy atom. The number of methoxy groups -OCH3 is 1. The standard InChI is InChI=1S/C16H21N3O/c1-3-18-14-10-15(12-17-11-14)19-9-8-13-4-6-16(20-2)7-5-13/h4-7,10-12,18-19H,3,8-9H2,1-2H3. The summed E-state index contributed by atoms with van der Waals surface area (Å²) in [5, 5.41) is 6.64. The highest BCUT2D eigenvalue weighted by atomic mass is 16.5. The molecule has 0 saturated heterocycles. The first-order chi connectivity index (χ1) is 9.81. The monoisotopic (exact) mass is 271 g/mol. The van der Waals surface area contributed by atoms with E-state index < -0.39 is 0 Å². The normalized spacial score (nSPS) is 10.1. The Morgan fingerprint density at radius 1 is 1.05 bits per heavy atom. The third kappa shape index (κ3) is 4.16. The molecule has 0 saturated carbocycles. The molecule has 0 fully saturated rings. The molecule has 0 spiro atoms. The minimum Gasteiger partial charge on any atom is -0.497 e. The fraction of sp³-hybridized carbons (Fsp3) is 0.312. The van der Waals surface area contributed by atoms with E-state index in [4.69, 9.17) is 4.74 Å². The van der Waals surface area contributed by atoms with Crippen LogP contribution in [0, 0.1) is 0 Å². The van der Waals surface area contributed by atoms with Crippen molar-refractivity contribution in [2.24, 2.45) is 0 Å². The van der Waals surface area contributed by atoms with Crippen molar-refractivity contribution in [3.05, 3.63) is 48.3 Å². The lowest BCUT2D eigenvalue weighted by atomic mass is 10.1. The van der Waals surface area contributed by atoms with Gasteiger partial charge in [0.15, 0.2) is 0 Å². The van der Waals surface area contributed by atoms with Gasteiger partial charge in [-0.25, -0.2) is 0 Å². The SMILES string of the molecule is CCNc1cncc(NCCc2ccc(OC)cc2)c1. The van der Waals surface area contributed by atoms with Crippen molar-refractivity contribution >= 4 is 11.4 Å². The molecule has 1 heterocycles. The highest BCUT2D eigenvalue weighted by Gasteiger charge is 1.97. The number of nitrogens with one attached hydrogen (secondary N) is 2. The molecule has 0 atom stereocenters. The summed E-state index contributed by atoms with van der Waals surface area (Å²) in [7, 11) is 1.68. The largest absolute Gasteiger partial charge is 0.497 e. The maximum absolute atomic E-state index is 5.15. The van der Waals surface area contributed by atoms with Crippen molar-refractivity contribution in [2.45, 2.75) is 13.3 Å². The zero-order valence-corrected chi connectivity index (χ0v) is 12.0. The van der Waals surface area contributed by atoms with E-state index in [0.717, 1.165) is 36.6 Å². The van der Waals surface area contributed by atoms with E-state index in [1.165, 1.54) is 5.56 Å². The van der Waals surface area contributed by atoms with Crippen LogP contribution in [0.5, 0.6) is 5.75 Å². The van der Waals surface area contributed by atoms with E-state index >= 15 is 0 Å². The van der Waals surface area contributed by atoms with Crippen LogP contribution in [-0.2, 0) is 6.42 Å². The minimum atomic E-state index is 0.879. The average molecular weight is 271 g/mol. The number of ether oxygens (including phenoxy) is 1. The van der Waals surface area contributed by atoms with Gasteiger partial charge in [0.2, 0.25) is 0 Å². The van der Waals surface area contributed by atoms with Crippen LogP contribution in [0.3, 0.4) is 0 Å². The number of hydrogen-bond donors (Lipinski definition) is 2. The summed E-state index contributed by atoms with van der Waals surface area (Å²) in [5.41, 5.74) is 3.37. The van der Waals surface area contributed by atoms with Gasteiger partial charge in [-0.2, -0.15) is 0 Å². The topological polar surface area (TPSA) is 46.2 Å². The van der Waals surface area contributed by atoms with Crippen molar-refractivity contribution in [3.8, 4) is 5.75 Å². The van der Waals surface area contributed by atoms with Crippen LogP contribution >= 0.6 is 0 Å². The molecular weight excluding hydrogens is 250 g/mol. The first kappa shape index (κ1) is 14.2. The third-order valence-electron chi connectivity index (χ3n) is 3.02. The Balaban J connectivity index is 1.84. The number of rotatable bonds is 7. The summed E-state index contributed by atoms with van der Waals surface area (Å²) in [6.07, 6.45) is 4.64. The zero-order valence-electron chi connectivity index (χ0n) is 12.0. The lowest BCUT2D eigenvalue weighted by molar-refractivity contribution is 0.414. The molecule has 0 aliphatic rings. The van der Waals surface area contributed by atoms with Gasteiger partial charge in [-0.15, -0.1) is 0 Å². The van der Waals surface area contributed by atoms with Gasteiger partial charge in [0.1, 0.15) is 5.75 Å². The molecule has 1 aromatic heterocycles. The molecule has 4 nitrogen and oxygen atoms in total. The van der Waals surface area contributed by atoms with Gasteiger partial charge in [0, 0.05) is 13.1 Å². The third-order valence-corrected chi connectivity index (χ3v) is 3.02. The number of anilines is 2. The summed E-state index contributed by atoms with van der Waals surface area (Å²) in [4.78, 5) is 4.21. The lowest BCUT2D eigenvalue weighted by Gasteiger charge is -2.09. The fourth-order valence-corrected chi connectivity index (χ4v) is 1.98. The van der Waals surface area contributed by atoms with E-state index in [1.54, 1.807) is 7.11 Å². The summed E-state index contributed by atoms with van der Waals surface area (Å²) in [5.74, 6) is 0.893. The highest BCUT2D eigenvalue weighted by molar-refractivity contribution is 5.53. The van der Waals surface area contributed by atoms with Gasteiger partial charge in [-0.05, 0) is 37.1 Å². The predicted molar refractivity (Wildman–Crippen MR) is 83.6 cm³/mol. The highest BCUT2D eigenvalue weighted by Crippen LogP contribution is 2.14. The molecule has 2 N–H and O–H groups in total. The van der Waals surface area contributed by atoms with E-state index in [0.29, 0.717) is 0 Å². The van der Waals surface area contributed by atoms with Gasteiger partial charge in [0.25, 0.3) is 0 Å². The number of nitrogens with zero attached hydrogens (tertiary/aromatic N) is 1. The molecule has 1 aromatic carbocycles. The second-order valence-corrected chi connectivity index (χ2v) is 4.52. The molecule has 0 aliphatic heterocycles. The van der Waals surface area contributed by atoms with Crippen molar-refractivity contribution in [3.63, 3.8) is 0 Å². The van der Waals surface area contributed by atoms with E-state index in [-0.39, 0.29) is 0 Å². The quantitative estimate of drug-likeness (QED) is 0.812. The summed E-state index contributed by atoms with van der Waals surface area (Å²) in [6.45, 7) is 3.85. The maximum Gasteiger partial charge on any atom is 0.118 e. The van der Waals surface area contributed by atoms with E-state index in [9.17, 15) is 0 Å². The lowest BCUT2D eigenvalue weighted by Crippen LogP contribution is -2.06. The molecular formula is C16H21N3O. The average Bonchev–Trinajstić information content (AvgIpc) is 2.49. The second-order valence-electron chi connectivity index (χ2n) is 4.52. The number of aromatic nitrogens is 1. The molecule has 0 aliphatic carbocycles. The molecule has 0 radical (unpaired) electrons. The van der Waals surface area contributed by atoms with Crippen LogP contribution in [0.4, 0.5) is 11.4 Å². The molecule has 0 amide bonds. The Hall–Kier alpha value is -2.23. The smallest absolute Gasteiger partial charge is 0.118 e. The van der Waals surface area contributed by atoms with Crippen LogP contribution in [0.25, 0.3) is 0 Å². The minimum absolute atomic E-state index is 0.879. The van der Waals surface area contributed by atoms with Gasteiger partial charge in [-0.1, -0.05) is 12.1 Å². The molecule has 2 rings (SSSR count). The van der Waals surface area contributed by atoms with Crippen molar-refractivity contribution in [1.29, 1.82) is 0 Å². The van der Waals surface area contributed by atoms with Crippen LogP contribution in [0.1, 0.15) is 12.5 Å². The maximum atomic E-state index is 5.15. The Bertz CT molecular complexity index is 526. The van der Waals surface area contributed by atoms with Gasteiger partial charge in [-0.3, -0.25) is 4.98 Å². The zero-order chi connectivity index (χ0) is 14.2. The van der Waals surface area contributed by atoms with Gasteiger partial charge < -0.3 is 15.4 Å². The van der Waals surface area contributed by atoms with Crippen molar-refractivity contribution in [1.82, 2.24) is 4.98 Å². The summed E-state index contributed by atoms with van der Waals surface area (Å²) in [6, 6.07) is 10.2. The second kappa shape index (κ2) is 7.38. The Labute approximate surface area is 120 Å². The molecule has 20 heavy (non-hydrogen) atoms. The Morgan fingerprint density at radius 2 is 1.75 bits per heavy atom.